The van der Waals surface area contributed by atoms with Gasteiger partial charge in [-0.15, -0.1) is 0 Å². The Morgan fingerprint density at radius 1 is 1.04 bits per heavy atom. The predicted molar refractivity (Wildman–Crippen MR) is 99.4 cm³/mol. The molecule has 0 aliphatic carbocycles. The van der Waals surface area contributed by atoms with Gasteiger partial charge in [-0.2, -0.15) is 0 Å². The van der Waals surface area contributed by atoms with E-state index >= 15 is 0 Å². The van der Waals surface area contributed by atoms with Crippen LogP contribution in [0.1, 0.15) is 15.9 Å². The van der Waals surface area contributed by atoms with Crippen LogP contribution in [0.5, 0.6) is 0 Å². The van der Waals surface area contributed by atoms with E-state index in [1.165, 1.54) is 0 Å². The average Bonchev–Trinajstić information content (AvgIpc) is 2.53. The predicted octanol–water partition coefficient (Wildman–Crippen LogP) is 3.69. The monoisotopic (exact) mass is 419 g/mol. The largest absolute Gasteiger partial charge is 0.422 e. The van der Waals surface area contributed by atoms with Crippen LogP contribution < -0.4 is 10.5 Å². The highest BCUT2D eigenvalue weighted by atomic mass is 127. The highest BCUT2D eigenvalue weighted by Gasteiger charge is 2.16. The molecule has 0 unspecified atom stereocenters. The van der Waals surface area contributed by atoms with E-state index in [1.54, 1.807) is 24.3 Å². The van der Waals surface area contributed by atoms with Crippen LogP contribution in [-0.2, 0) is 0 Å². The van der Waals surface area contributed by atoms with Gasteiger partial charge in [-0.25, -0.2) is 4.79 Å². The number of anilines is 1. The number of fused-ring (bicyclic) bond motifs is 1. The maximum absolute atomic E-state index is 12.5. The Balaban J connectivity index is 2.09. The molecule has 2 aromatic carbocycles. The topological polar surface area (TPSA) is 50.5 Å². The van der Waals surface area contributed by atoms with Crippen LogP contribution in [0.25, 0.3) is 11.0 Å². The van der Waals surface area contributed by atoms with Crippen LogP contribution in [-0.4, -0.2) is 19.9 Å². The summed E-state index contributed by atoms with van der Waals surface area (Å²) in [6, 6.07) is 14.2. The molecular weight excluding hydrogens is 405 g/mol. The highest BCUT2D eigenvalue weighted by Crippen LogP contribution is 2.21. The van der Waals surface area contributed by atoms with Gasteiger partial charge in [-0.3, -0.25) is 4.79 Å². The van der Waals surface area contributed by atoms with Crippen molar-refractivity contribution in [3.63, 3.8) is 0 Å². The summed E-state index contributed by atoms with van der Waals surface area (Å²) < 4.78 is 6.37. The molecule has 0 aliphatic heterocycles. The van der Waals surface area contributed by atoms with E-state index in [1.807, 2.05) is 43.3 Å². The Kier molecular flexibility index (Phi) is 4.21. The molecule has 0 spiro atoms. The van der Waals surface area contributed by atoms with E-state index in [9.17, 15) is 9.59 Å². The molecule has 3 rings (SSSR count). The third-order valence-electron chi connectivity index (χ3n) is 3.59. The van der Waals surface area contributed by atoms with Gasteiger partial charge in [0.2, 0.25) is 0 Å². The van der Waals surface area contributed by atoms with Gasteiger partial charge in [0, 0.05) is 40.4 Å². The molecule has 1 heterocycles. The number of ketones is 1. The van der Waals surface area contributed by atoms with Crippen LogP contribution in [0.3, 0.4) is 0 Å². The summed E-state index contributed by atoms with van der Waals surface area (Å²) in [6.07, 6.45) is 0. The van der Waals surface area contributed by atoms with Gasteiger partial charge in [0.1, 0.15) is 11.1 Å². The van der Waals surface area contributed by atoms with E-state index in [0.29, 0.717) is 11.1 Å². The minimum absolute atomic E-state index is 0.0521. The molecule has 0 N–H and O–H groups in total. The second-order valence-corrected chi connectivity index (χ2v) is 6.65. The number of hydrogen-bond acceptors (Lipinski definition) is 4. The van der Waals surface area contributed by atoms with E-state index in [-0.39, 0.29) is 11.3 Å². The normalized spacial score (nSPS) is 10.7. The van der Waals surface area contributed by atoms with Crippen LogP contribution in [0.15, 0.2) is 57.7 Å². The SMILES string of the molecule is CN(C)c1ccc2cc(C(=O)c3ccc(I)cc3)c(=O)oc2c1. The minimum atomic E-state index is -0.614. The molecule has 0 saturated heterocycles. The quantitative estimate of drug-likeness (QED) is 0.369. The zero-order valence-corrected chi connectivity index (χ0v) is 14.8. The van der Waals surface area contributed by atoms with Gasteiger partial charge in [0.05, 0.1) is 0 Å². The lowest BCUT2D eigenvalue weighted by atomic mass is 10.0. The summed E-state index contributed by atoms with van der Waals surface area (Å²) in [5, 5.41) is 0.726. The molecule has 0 saturated carbocycles. The third kappa shape index (κ3) is 3.14. The number of hydrogen-bond donors (Lipinski definition) is 0. The zero-order valence-electron chi connectivity index (χ0n) is 12.7. The van der Waals surface area contributed by atoms with Crippen molar-refractivity contribution in [1.82, 2.24) is 0 Å². The van der Waals surface area contributed by atoms with Gasteiger partial charge in [0.25, 0.3) is 0 Å². The van der Waals surface area contributed by atoms with Crippen molar-refractivity contribution in [2.45, 2.75) is 0 Å². The van der Waals surface area contributed by atoms with Crippen molar-refractivity contribution in [3.05, 3.63) is 73.6 Å². The fourth-order valence-electron chi connectivity index (χ4n) is 2.29. The molecule has 5 heteroatoms. The van der Waals surface area contributed by atoms with Gasteiger partial charge in [0.15, 0.2) is 5.78 Å². The van der Waals surface area contributed by atoms with Crippen molar-refractivity contribution in [2.24, 2.45) is 0 Å². The van der Waals surface area contributed by atoms with Crippen molar-refractivity contribution >= 4 is 45.0 Å². The maximum atomic E-state index is 12.5. The summed E-state index contributed by atoms with van der Waals surface area (Å²) in [6.45, 7) is 0. The van der Waals surface area contributed by atoms with Gasteiger partial charge in [-0.05, 0) is 65.1 Å². The fourth-order valence-corrected chi connectivity index (χ4v) is 2.65. The molecule has 0 aliphatic rings. The minimum Gasteiger partial charge on any atom is -0.422 e. The van der Waals surface area contributed by atoms with Crippen molar-refractivity contribution in [1.29, 1.82) is 0 Å². The van der Waals surface area contributed by atoms with E-state index in [2.05, 4.69) is 22.6 Å². The Morgan fingerprint density at radius 3 is 2.39 bits per heavy atom. The van der Waals surface area contributed by atoms with Crippen LogP contribution in [0.2, 0.25) is 0 Å². The smallest absolute Gasteiger partial charge is 0.347 e. The van der Waals surface area contributed by atoms with Crippen LogP contribution in [0.4, 0.5) is 5.69 Å². The van der Waals surface area contributed by atoms with Crippen molar-refractivity contribution in [2.75, 3.05) is 19.0 Å². The Labute approximate surface area is 146 Å². The summed E-state index contributed by atoms with van der Waals surface area (Å²) in [4.78, 5) is 26.6. The lowest BCUT2D eigenvalue weighted by Crippen LogP contribution is -2.15. The van der Waals surface area contributed by atoms with Crippen molar-refractivity contribution < 1.29 is 9.21 Å². The van der Waals surface area contributed by atoms with E-state index < -0.39 is 5.63 Å². The molecule has 23 heavy (non-hydrogen) atoms. The molecule has 3 aromatic rings. The van der Waals surface area contributed by atoms with Gasteiger partial charge < -0.3 is 9.32 Å². The molecule has 116 valence electrons. The van der Waals surface area contributed by atoms with E-state index in [0.717, 1.165) is 14.6 Å². The second-order valence-electron chi connectivity index (χ2n) is 5.40. The van der Waals surface area contributed by atoms with Crippen LogP contribution >= 0.6 is 22.6 Å². The Morgan fingerprint density at radius 2 is 1.74 bits per heavy atom. The third-order valence-corrected chi connectivity index (χ3v) is 4.31. The average molecular weight is 419 g/mol. The first-order valence-electron chi connectivity index (χ1n) is 7.01. The molecule has 0 fully saturated rings. The molecule has 0 radical (unpaired) electrons. The molecule has 0 amide bonds. The number of halogens is 1. The molecular formula is C18H14INO3. The van der Waals surface area contributed by atoms with Gasteiger partial charge in [-0.1, -0.05) is 0 Å². The molecule has 0 atom stereocenters. The second kappa shape index (κ2) is 6.16. The first kappa shape index (κ1) is 15.7. The molecule has 4 nitrogen and oxygen atoms in total. The van der Waals surface area contributed by atoms with Crippen LogP contribution in [0, 0.1) is 3.57 Å². The lowest BCUT2D eigenvalue weighted by Gasteiger charge is -2.12. The Hall–Kier alpha value is -2.15. The van der Waals surface area contributed by atoms with E-state index in [4.69, 9.17) is 4.42 Å². The standard InChI is InChI=1S/C18H14INO3/c1-20(2)14-8-5-12-9-15(18(22)23-16(12)10-14)17(21)11-3-6-13(19)7-4-11/h3-10H,1-2H3. The number of rotatable bonds is 3. The fraction of sp³-hybridized carbons (Fsp3) is 0.111. The lowest BCUT2D eigenvalue weighted by molar-refractivity contribution is 0.103. The molecule has 1 aromatic heterocycles. The molecule has 0 bridgehead atoms. The van der Waals surface area contributed by atoms with Gasteiger partial charge >= 0.3 is 5.63 Å². The van der Waals surface area contributed by atoms with Crippen molar-refractivity contribution in [3.8, 4) is 0 Å². The summed E-state index contributed by atoms with van der Waals surface area (Å²) in [5.74, 6) is -0.325. The zero-order chi connectivity index (χ0) is 16.6. The number of carbonyl (C=O) groups is 1. The summed E-state index contributed by atoms with van der Waals surface area (Å²) in [5.41, 5.74) is 1.31. The highest BCUT2D eigenvalue weighted by molar-refractivity contribution is 14.1. The summed E-state index contributed by atoms with van der Waals surface area (Å²) in [7, 11) is 3.82. The number of benzene rings is 2. The number of nitrogens with zero attached hydrogens (tertiary/aromatic N) is 1. The summed E-state index contributed by atoms with van der Waals surface area (Å²) >= 11 is 2.17. The maximum Gasteiger partial charge on any atom is 0.347 e. The Bertz CT molecular complexity index is 943. The first-order valence-corrected chi connectivity index (χ1v) is 8.09. The first-order chi connectivity index (χ1) is 11.0. The number of carbonyl (C=O) groups excluding carboxylic acids is 1.